The molecule has 1 N–H and O–H groups in total. The van der Waals surface area contributed by atoms with Crippen LogP contribution in [-0.2, 0) is 11.2 Å². The second-order valence-corrected chi connectivity index (χ2v) is 5.00. The van der Waals surface area contributed by atoms with Crippen LogP contribution in [0.15, 0.2) is 18.2 Å². The zero-order chi connectivity index (χ0) is 13.7. The third-order valence-electron chi connectivity index (χ3n) is 3.34. The topological polar surface area (TPSA) is 41.6 Å². The minimum atomic E-state index is 0.202. The van der Waals surface area contributed by atoms with Crippen LogP contribution < -0.4 is 10.1 Å². The molecule has 1 aliphatic heterocycles. The molecule has 4 nitrogen and oxygen atoms in total. The number of piperazine rings is 1. The number of carbonyl (C=O) groups is 1. The van der Waals surface area contributed by atoms with Crippen LogP contribution >= 0.6 is 11.6 Å². The number of hydrogen-bond donors (Lipinski definition) is 1. The highest BCUT2D eigenvalue weighted by Crippen LogP contribution is 2.23. The lowest BCUT2D eigenvalue weighted by Gasteiger charge is -2.27. The standard InChI is InChI=1S/C14H19ClN2O2/c1-19-12-4-2-11(13(15)10-12)3-5-14(18)17-8-6-16-7-9-17/h2,4,10,16H,3,5-9H2,1H3. The van der Waals surface area contributed by atoms with E-state index in [0.29, 0.717) is 17.9 Å². The largest absolute Gasteiger partial charge is 0.497 e. The zero-order valence-electron chi connectivity index (χ0n) is 11.1. The average Bonchev–Trinajstić information content (AvgIpc) is 2.46. The first kappa shape index (κ1) is 14.2. The molecular formula is C14H19ClN2O2. The predicted molar refractivity (Wildman–Crippen MR) is 75.8 cm³/mol. The Balaban J connectivity index is 1.89. The molecule has 5 heteroatoms. The Hall–Kier alpha value is -1.26. The summed E-state index contributed by atoms with van der Waals surface area (Å²) < 4.78 is 5.10. The van der Waals surface area contributed by atoms with Crippen molar-refractivity contribution < 1.29 is 9.53 Å². The van der Waals surface area contributed by atoms with Crippen molar-refractivity contribution in [2.45, 2.75) is 12.8 Å². The van der Waals surface area contributed by atoms with Crippen LogP contribution in [0.3, 0.4) is 0 Å². The molecule has 0 aromatic heterocycles. The maximum Gasteiger partial charge on any atom is 0.222 e. The summed E-state index contributed by atoms with van der Waals surface area (Å²) in [6, 6.07) is 5.58. The van der Waals surface area contributed by atoms with Gasteiger partial charge in [-0.05, 0) is 24.1 Å². The third-order valence-corrected chi connectivity index (χ3v) is 3.69. The van der Waals surface area contributed by atoms with E-state index in [1.807, 2.05) is 17.0 Å². The van der Waals surface area contributed by atoms with Gasteiger partial charge in [0.2, 0.25) is 5.91 Å². The van der Waals surface area contributed by atoms with Crippen molar-refractivity contribution in [1.29, 1.82) is 0 Å². The SMILES string of the molecule is COc1ccc(CCC(=O)N2CCNCC2)c(Cl)c1. The lowest BCUT2D eigenvalue weighted by molar-refractivity contribution is -0.131. The Bertz CT molecular complexity index is 445. The fourth-order valence-corrected chi connectivity index (χ4v) is 2.44. The van der Waals surface area contributed by atoms with Gasteiger partial charge in [-0.1, -0.05) is 17.7 Å². The molecular weight excluding hydrogens is 264 g/mol. The lowest BCUT2D eigenvalue weighted by atomic mass is 10.1. The van der Waals surface area contributed by atoms with Crippen molar-refractivity contribution in [2.24, 2.45) is 0 Å². The van der Waals surface area contributed by atoms with E-state index >= 15 is 0 Å². The predicted octanol–water partition coefficient (Wildman–Crippen LogP) is 1.71. The van der Waals surface area contributed by atoms with Gasteiger partial charge < -0.3 is 15.0 Å². The number of nitrogens with zero attached hydrogens (tertiary/aromatic N) is 1. The number of amides is 1. The third kappa shape index (κ3) is 3.85. The van der Waals surface area contributed by atoms with Gasteiger partial charge in [0.15, 0.2) is 0 Å². The molecule has 0 aliphatic carbocycles. The molecule has 1 amide bonds. The zero-order valence-corrected chi connectivity index (χ0v) is 11.9. The highest BCUT2D eigenvalue weighted by molar-refractivity contribution is 6.31. The first-order valence-corrected chi connectivity index (χ1v) is 6.89. The molecule has 1 aromatic rings. The molecule has 104 valence electrons. The number of carbonyl (C=O) groups excluding carboxylic acids is 1. The van der Waals surface area contributed by atoms with E-state index in [0.717, 1.165) is 37.5 Å². The second kappa shape index (κ2) is 6.78. The number of rotatable bonds is 4. The van der Waals surface area contributed by atoms with Crippen molar-refractivity contribution >= 4 is 17.5 Å². The van der Waals surface area contributed by atoms with Crippen molar-refractivity contribution in [3.05, 3.63) is 28.8 Å². The number of halogens is 1. The van der Waals surface area contributed by atoms with Crippen molar-refractivity contribution in [3.63, 3.8) is 0 Å². The fraction of sp³-hybridized carbons (Fsp3) is 0.500. The monoisotopic (exact) mass is 282 g/mol. The van der Waals surface area contributed by atoms with E-state index in [1.165, 1.54) is 0 Å². The van der Waals surface area contributed by atoms with Gasteiger partial charge in [0.1, 0.15) is 5.75 Å². The molecule has 1 aromatic carbocycles. The molecule has 2 rings (SSSR count). The second-order valence-electron chi connectivity index (χ2n) is 4.59. The van der Waals surface area contributed by atoms with Crippen molar-refractivity contribution in [3.8, 4) is 5.75 Å². The van der Waals surface area contributed by atoms with E-state index < -0.39 is 0 Å². The molecule has 0 spiro atoms. The van der Waals surface area contributed by atoms with E-state index in [1.54, 1.807) is 13.2 Å². The Labute approximate surface area is 118 Å². The number of nitrogens with one attached hydrogen (secondary N) is 1. The van der Waals surface area contributed by atoms with Crippen LogP contribution in [0.1, 0.15) is 12.0 Å². The Morgan fingerprint density at radius 3 is 2.79 bits per heavy atom. The molecule has 0 atom stereocenters. The molecule has 0 saturated carbocycles. The number of ether oxygens (including phenoxy) is 1. The van der Waals surface area contributed by atoms with Crippen LogP contribution in [0.2, 0.25) is 5.02 Å². The molecule has 0 bridgehead atoms. The van der Waals surface area contributed by atoms with E-state index in [4.69, 9.17) is 16.3 Å². The van der Waals surface area contributed by atoms with Gasteiger partial charge in [-0.2, -0.15) is 0 Å². The van der Waals surface area contributed by atoms with Crippen LogP contribution in [-0.4, -0.2) is 44.1 Å². The van der Waals surface area contributed by atoms with Gasteiger partial charge in [0.25, 0.3) is 0 Å². The molecule has 0 unspecified atom stereocenters. The Morgan fingerprint density at radius 2 is 2.16 bits per heavy atom. The summed E-state index contributed by atoms with van der Waals surface area (Å²) in [6.45, 7) is 3.37. The van der Waals surface area contributed by atoms with Crippen molar-refractivity contribution in [2.75, 3.05) is 33.3 Å². The summed E-state index contributed by atoms with van der Waals surface area (Å²) >= 11 is 6.16. The normalized spacial score (nSPS) is 15.4. The van der Waals surface area contributed by atoms with Gasteiger partial charge >= 0.3 is 0 Å². The van der Waals surface area contributed by atoms with Gasteiger partial charge in [-0.15, -0.1) is 0 Å². The summed E-state index contributed by atoms with van der Waals surface area (Å²) in [5, 5.41) is 3.90. The quantitative estimate of drug-likeness (QED) is 0.914. The summed E-state index contributed by atoms with van der Waals surface area (Å²) in [5.41, 5.74) is 0.992. The minimum absolute atomic E-state index is 0.202. The maximum absolute atomic E-state index is 12.0. The number of benzene rings is 1. The maximum atomic E-state index is 12.0. The van der Waals surface area contributed by atoms with Gasteiger partial charge in [0, 0.05) is 37.6 Å². The summed E-state index contributed by atoms with van der Waals surface area (Å²) in [6.07, 6.45) is 1.18. The highest BCUT2D eigenvalue weighted by Gasteiger charge is 2.16. The molecule has 19 heavy (non-hydrogen) atoms. The van der Waals surface area contributed by atoms with Gasteiger partial charge in [0.05, 0.1) is 7.11 Å². The van der Waals surface area contributed by atoms with Gasteiger partial charge in [-0.3, -0.25) is 4.79 Å². The van der Waals surface area contributed by atoms with Crippen LogP contribution in [0.5, 0.6) is 5.75 Å². The summed E-state index contributed by atoms with van der Waals surface area (Å²) in [5.74, 6) is 0.940. The summed E-state index contributed by atoms with van der Waals surface area (Å²) in [7, 11) is 1.61. The Morgan fingerprint density at radius 1 is 1.42 bits per heavy atom. The average molecular weight is 283 g/mol. The molecule has 0 radical (unpaired) electrons. The fourth-order valence-electron chi connectivity index (χ4n) is 2.17. The first-order valence-electron chi connectivity index (χ1n) is 6.51. The highest BCUT2D eigenvalue weighted by atomic mass is 35.5. The smallest absolute Gasteiger partial charge is 0.222 e. The van der Waals surface area contributed by atoms with E-state index in [9.17, 15) is 4.79 Å². The molecule has 1 aliphatic rings. The Kier molecular flexibility index (Phi) is 5.05. The summed E-state index contributed by atoms with van der Waals surface area (Å²) in [4.78, 5) is 13.9. The molecule has 1 saturated heterocycles. The lowest BCUT2D eigenvalue weighted by Crippen LogP contribution is -2.46. The van der Waals surface area contributed by atoms with Crippen LogP contribution in [0.25, 0.3) is 0 Å². The van der Waals surface area contributed by atoms with Crippen LogP contribution in [0, 0.1) is 0 Å². The van der Waals surface area contributed by atoms with E-state index in [2.05, 4.69) is 5.32 Å². The molecule has 1 fully saturated rings. The van der Waals surface area contributed by atoms with E-state index in [-0.39, 0.29) is 5.91 Å². The van der Waals surface area contributed by atoms with Gasteiger partial charge in [-0.25, -0.2) is 0 Å². The number of aryl methyl sites for hydroxylation is 1. The molecule has 1 heterocycles. The van der Waals surface area contributed by atoms with Crippen LogP contribution in [0.4, 0.5) is 0 Å². The number of hydrogen-bond acceptors (Lipinski definition) is 3. The first-order chi connectivity index (χ1) is 9.20. The minimum Gasteiger partial charge on any atom is -0.497 e. The van der Waals surface area contributed by atoms with Crippen molar-refractivity contribution in [1.82, 2.24) is 10.2 Å². The number of methoxy groups -OCH3 is 1.